The highest BCUT2D eigenvalue weighted by atomic mass is 16.6. The molecule has 0 amide bonds. The van der Waals surface area contributed by atoms with Gasteiger partial charge in [0.15, 0.2) is 5.78 Å². The van der Waals surface area contributed by atoms with Crippen molar-refractivity contribution in [3.63, 3.8) is 0 Å². The van der Waals surface area contributed by atoms with Gasteiger partial charge in [0.05, 0.1) is 38.6 Å². The summed E-state index contributed by atoms with van der Waals surface area (Å²) < 4.78 is 21.7. The zero-order chi connectivity index (χ0) is 28.0. The van der Waals surface area contributed by atoms with E-state index in [1.54, 1.807) is 6.08 Å². The third-order valence-corrected chi connectivity index (χ3v) is 5.96. The maximum absolute atomic E-state index is 13.3. The van der Waals surface area contributed by atoms with E-state index in [9.17, 15) is 9.59 Å². The number of allylic oxidation sites excluding steroid dienone is 1. The number of ketones is 1. The van der Waals surface area contributed by atoms with Crippen LogP contribution in [0.1, 0.15) is 15.9 Å². The number of benzene rings is 3. The smallest absolute Gasteiger partial charge is 0.260 e. The van der Waals surface area contributed by atoms with Crippen molar-refractivity contribution in [2.75, 3.05) is 46.2 Å². The molecule has 1 aromatic heterocycles. The molecule has 0 spiro atoms. The minimum atomic E-state index is -0.418. The van der Waals surface area contributed by atoms with Crippen molar-refractivity contribution in [1.82, 2.24) is 4.98 Å². The average molecular weight is 538 g/mol. The SMILES string of the molecule is C#CCOCCOCCOCCOc1ccc(/C=C/C(=O)c2c(-c3ccccc3)c3ccccc3[nH]c2=O)cc1. The monoisotopic (exact) mass is 537 g/mol. The number of pyridine rings is 1. The van der Waals surface area contributed by atoms with Gasteiger partial charge in [0.25, 0.3) is 5.56 Å². The highest BCUT2D eigenvalue weighted by molar-refractivity contribution is 6.15. The summed E-state index contributed by atoms with van der Waals surface area (Å²) in [7, 11) is 0. The van der Waals surface area contributed by atoms with Crippen LogP contribution in [0.4, 0.5) is 0 Å². The fourth-order valence-electron chi connectivity index (χ4n) is 4.10. The van der Waals surface area contributed by atoms with E-state index in [4.69, 9.17) is 25.4 Å². The van der Waals surface area contributed by atoms with Crippen molar-refractivity contribution in [1.29, 1.82) is 0 Å². The van der Waals surface area contributed by atoms with Crippen LogP contribution in [0.25, 0.3) is 28.1 Å². The molecular formula is C33H31NO6. The molecule has 7 nitrogen and oxygen atoms in total. The minimum absolute atomic E-state index is 0.115. The van der Waals surface area contributed by atoms with Gasteiger partial charge in [-0.1, -0.05) is 72.7 Å². The Morgan fingerprint density at radius 3 is 2.17 bits per heavy atom. The second-order valence-electron chi connectivity index (χ2n) is 8.71. The van der Waals surface area contributed by atoms with E-state index in [1.807, 2.05) is 78.9 Å². The third-order valence-electron chi connectivity index (χ3n) is 5.96. The number of hydrogen-bond donors (Lipinski definition) is 1. The summed E-state index contributed by atoms with van der Waals surface area (Å²) in [6.45, 7) is 2.97. The molecule has 4 rings (SSSR count). The number of terminal acetylenes is 1. The molecule has 1 N–H and O–H groups in total. The van der Waals surface area contributed by atoms with Gasteiger partial charge in [-0.2, -0.15) is 0 Å². The zero-order valence-electron chi connectivity index (χ0n) is 22.1. The third kappa shape index (κ3) is 8.01. The van der Waals surface area contributed by atoms with Crippen LogP contribution in [0, 0.1) is 12.3 Å². The number of nitrogens with one attached hydrogen (secondary N) is 1. The van der Waals surface area contributed by atoms with Crippen LogP contribution < -0.4 is 10.3 Å². The molecule has 0 unspecified atom stereocenters. The number of hydrogen-bond acceptors (Lipinski definition) is 6. The summed E-state index contributed by atoms with van der Waals surface area (Å²) in [6.07, 6.45) is 8.22. The van der Waals surface area contributed by atoms with Crippen molar-refractivity contribution in [2.45, 2.75) is 0 Å². The Kier molecular flexibility index (Phi) is 10.8. The van der Waals surface area contributed by atoms with Gasteiger partial charge >= 0.3 is 0 Å². The van der Waals surface area contributed by atoms with E-state index in [-0.39, 0.29) is 18.0 Å². The summed E-state index contributed by atoms with van der Waals surface area (Å²) in [4.78, 5) is 29.2. The molecule has 0 atom stereocenters. The van der Waals surface area contributed by atoms with Gasteiger partial charge in [-0.15, -0.1) is 6.42 Å². The highest BCUT2D eigenvalue weighted by Crippen LogP contribution is 2.30. The topological polar surface area (TPSA) is 86.8 Å². The molecule has 0 aliphatic carbocycles. The first-order chi connectivity index (χ1) is 19.7. The Morgan fingerprint density at radius 2 is 1.45 bits per heavy atom. The van der Waals surface area contributed by atoms with E-state index in [2.05, 4.69) is 10.9 Å². The first-order valence-corrected chi connectivity index (χ1v) is 13.0. The van der Waals surface area contributed by atoms with Crippen LogP contribution in [-0.4, -0.2) is 57.0 Å². The quantitative estimate of drug-likeness (QED) is 0.0977. The molecular weight excluding hydrogens is 506 g/mol. The molecule has 0 fully saturated rings. The minimum Gasteiger partial charge on any atom is -0.491 e. The number of fused-ring (bicyclic) bond motifs is 1. The molecule has 0 saturated carbocycles. The Balaban J connectivity index is 1.32. The Bertz CT molecular complexity index is 1520. The van der Waals surface area contributed by atoms with Gasteiger partial charge in [-0.25, -0.2) is 0 Å². The average Bonchev–Trinajstić information content (AvgIpc) is 2.99. The maximum Gasteiger partial charge on any atom is 0.260 e. The fraction of sp³-hybridized carbons (Fsp3) is 0.212. The van der Waals surface area contributed by atoms with Crippen molar-refractivity contribution in [2.24, 2.45) is 0 Å². The first kappa shape index (κ1) is 28.5. The Morgan fingerprint density at radius 1 is 0.800 bits per heavy atom. The fourth-order valence-corrected chi connectivity index (χ4v) is 4.10. The number of rotatable bonds is 15. The van der Waals surface area contributed by atoms with E-state index in [0.717, 1.165) is 16.5 Å². The first-order valence-electron chi connectivity index (χ1n) is 13.0. The molecule has 3 aromatic carbocycles. The number of carbonyl (C=O) groups is 1. The molecule has 0 radical (unpaired) electrons. The normalized spacial score (nSPS) is 11.1. The van der Waals surface area contributed by atoms with Gasteiger partial charge in [0.2, 0.25) is 0 Å². The van der Waals surface area contributed by atoms with Gasteiger partial charge in [-0.3, -0.25) is 9.59 Å². The Labute approximate surface area is 233 Å². The second kappa shape index (κ2) is 15.2. The summed E-state index contributed by atoms with van der Waals surface area (Å²) in [5, 5.41) is 0.814. The van der Waals surface area contributed by atoms with Crippen LogP contribution in [0.2, 0.25) is 0 Å². The second-order valence-corrected chi connectivity index (χ2v) is 8.71. The van der Waals surface area contributed by atoms with Crippen LogP contribution in [0.3, 0.4) is 0 Å². The lowest BCUT2D eigenvalue weighted by Crippen LogP contribution is -2.18. The molecule has 7 heteroatoms. The van der Waals surface area contributed by atoms with E-state index >= 15 is 0 Å². The number of carbonyl (C=O) groups excluding carboxylic acids is 1. The molecule has 4 aromatic rings. The zero-order valence-corrected chi connectivity index (χ0v) is 22.1. The lowest BCUT2D eigenvalue weighted by Gasteiger charge is -2.11. The largest absolute Gasteiger partial charge is 0.491 e. The van der Waals surface area contributed by atoms with Crippen molar-refractivity contribution in [3.8, 4) is 29.2 Å². The molecule has 0 bridgehead atoms. The molecule has 204 valence electrons. The van der Waals surface area contributed by atoms with Crippen LogP contribution in [-0.2, 0) is 14.2 Å². The number of aromatic nitrogens is 1. The van der Waals surface area contributed by atoms with Crippen LogP contribution in [0.15, 0.2) is 89.7 Å². The van der Waals surface area contributed by atoms with Crippen molar-refractivity contribution < 1.29 is 23.7 Å². The van der Waals surface area contributed by atoms with E-state index in [1.165, 1.54) is 6.08 Å². The predicted octanol–water partition coefficient (Wildman–Crippen LogP) is 5.15. The summed E-state index contributed by atoms with van der Waals surface area (Å²) in [6, 6.07) is 24.3. The standard InChI is InChI=1S/C33H31NO6/c1-2-18-37-19-20-38-21-22-39-23-24-40-27-15-12-25(13-16-27)14-17-30(35)32-31(26-8-4-3-5-9-26)28-10-6-7-11-29(28)34-33(32)36/h1,3-17H,18-24H2,(H,34,36)/b17-14+. The maximum atomic E-state index is 13.3. The Hall–Kier alpha value is -4.48. The van der Waals surface area contributed by atoms with Crippen LogP contribution >= 0.6 is 0 Å². The molecule has 40 heavy (non-hydrogen) atoms. The van der Waals surface area contributed by atoms with Gasteiger partial charge in [0, 0.05) is 16.5 Å². The van der Waals surface area contributed by atoms with E-state index < -0.39 is 5.56 Å². The van der Waals surface area contributed by atoms with Crippen LogP contribution in [0.5, 0.6) is 5.75 Å². The van der Waals surface area contributed by atoms with Gasteiger partial charge < -0.3 is 23.9 Å². The number of aromatic amines is 1. The number of H-pyrrole nitrogens is 1. The number of ether oxygens (including phenoxy) is 4. The lowest BCUT2D eigenvalue weighted by molar-refractivity contribution is 0.0142. The molecule has 0 aliphatic rings. The van der Waals surface area contributed by atoms with Crippen molar-refractivity contribution in [3.05, 3.63) is 106 Å². The highest BCUT2D eigenvalue weighted by Gasteiger charge is 2.18. The van der Waals surface area contributed by atoms with Gasteiger partial charge in [0.1, 0.15) is 19.0 Å². The van der Waals surface area contributed by atoms with E-state index in [0.29, 0.717) is 56.5 Å². The summed E-state index contributed by atoms with van der Waals surface area (Å²) in [5.41, 5.74) is 2.62. The summed E-state index contributed by atoms with van der Waals surface area (Å²) in [5.74, 6) is 2.71. The van der Waals surface area contributed by atoms with Gasteiger partial charge in [-0.05, 0) is 35.4 Å². The summed E-state index contributed by atoms with van der Waals surface area (Å²) >= 11 is 0. The lowest BCUT2D eigenvalue weighted by atomic mass is 9.94. The molecule has 0 aliphatic heterocycles. The van der Waals surface area contributed by atoms with Crippen molar-refractivity contribution >= 4 is 22.8 Å². The number of para-hydroxylation sites is 1. The molecule has 1 heterocycles. The molecule has 0 saturated heterocycles. The predicted molar refractivity (Wildman–Crippen MR) is 157 cm³/mol.